The van der Waals surface area contributed by atoms with Gasteiger partial charge in [0.25, 0.3) is 5.91 Å². The molecule has 3 aromatic carbocycles. The monoisotopic (exact) mass is 409 g/mol. The van der Waals surface area contributed by atoms with Crippen LogP contribution in [0.5, 0.6) is 0 Å². The predicted molar refractivity (Wildman–Crippen MR) is 128 cm³/mol. The van der Waals surface area contributed by atoms with E-state index >= 15 is 0 Å². The molecule has 0 radical (unpaired) electrons. The number of aryl methyl sites for hydroxylation is 1. The Morgan fingerprint density at radius 1 is 0.935 bits per heavy atom. The summed E-state index contributed by atoms with van der Waals surface area (Å²) < 4.78 is 2.20. The van der Waals surface area contributed by atoms with E-state index in [9.17, 15) is 4.79 Å². The third kappa shape index (κ3) is 4.29. The van der Waals surface area contributed by atoms with Gasteiger partial charge in [0, 0.05) is 28.2 Å². The van der Waals surface area contributed by atoms with Crippen LogP contribution in [0.25, 0.3) is 16.5 Å². The minimum atomic E-state index is -0.222. The lowest BCUT2D eigenvalue weighted by molar-refractivity contribution is 0.0955. The molecule has 31 heavy (non-hydrogen) atoms. The lowest BCUT2D eigenvalue weighted by atomic mass is 10.0. The topological polar surface area (TPSA) is 46.4 Å². The molecule has 0 aliphatic carbocycles. The molecule has 1 heterocycles. The number of hydrogen-bond acceptors (Lipinski definition) is 2. The molecule has 0 unspecified atom stereocenters. The van der Waals surface area contributed by atoms with Crippen LogP contribution >= 0.6 is 0 Å². The SMILES string of the molecule is Cc1cc(/C=N/NC(=O)c2ccc3ccccc3c2)c(C)n1-c1ccc(C(C)C)cc1. The number of carbonyl (C=O) groups is 1. The first-order valence-corrected chi connectivity index (χ1v) is 10.6. The fraction of sp³-hybridized carbons (Fsp3) is 0.185. The van der Waals surface area contributed by atoms with Crippen LogP contribution < -0.4 is 5.43 Å². The fourth-order valence-electron chi connectivity index (χ4n) is 3.88. The minimum absolute atomic E-state index is 0.222. The van der Waals surface area contributed by atoms with Crippen molar-refractivity contribution in [2.24, 2.45) is 5.10 Å². The van der Waals surface area contributed by atoms with Gasteiger partial charge in [0.15, 0.2) is 0 Å². The second-order valence-corrected chi connectivity index (χ2v) is 8.17. The van der Waals surface area contributed by atoms with Gasteiger partial charge in [-0.1, -0.05) is 56.3 Å². The van der Waals surface area contributed by atoms with E-state index in [2.05, 4.69) is 73.1 Å². The van der Waals surface area contributed by atoms with Gasteiger partial charge in [-0.05, 0) is 66.4 Å². The summed E-state index contributed by atoms with van der Waals surface area (Å²) in [6.07, 6.45) is 1.71. The van der Waals surface area contributed by atoms with Crippen LogP contribution in [0.3, 0.4) is 0 Å². The summed E-state index contributed by atoms with van der Waals surface area (Å²) in [5.74, 6) is 0.287. The van der Waals surface area contributed by atoms with Gasteiger partial charge in [0.2, 0.25) is 0 Å². The van der Waals surface area contributed by atoms with E-state index in [4.69, 9.17) is 0 Å². The van der Waals surface area contributed by atoms with Gasteiger partial charge in [-0.25, -0.2) is 5.43 Å². The van der Waals surface area contributed by atoms with Gasteiger partial charge in [-0.2, -0.15) is 5.10 Å². The van der Waals surface area contributed by atoms with Gasteiger partial charge >= 0.3 is 0 Å². The molecule has 156 valence electrons. The van der Waals surface area contributed by atoms with Gasteiger partial charge in [0.05, 0.1) is 6.21 Å². The molecule has 0 atom stereocenters. The van der Waals surface area contributed by atoms with Crippen LogP contribution in [0.1, 0.15) is 52.6 Å². The number of carbonyl (C=O) groups excluding carboxylic acids is 1. The lowest BCUT2D eigenvalue weighted by Gasteiger charge is -2.12. The van der Waals surface area contributed by atoms with Crippen LogP contribution in [0.15, 0.2) is 77.9 Å². The van der Waals surface area contributed by atoms with Gasteiger partial charge < -0.3 is 4.57 Å². The van der Waals surface area contributed by atoms with E-state index < -0.39 is 0 Å². The Morgan fingerprint density at radius 2 is 1.65 bits per heavy atom. The first kappa shape index (κ1) is 20.6. The highest BCUT2D eigenvalue weighted by molar-refractivity contribution is 5.99. The van der Waals surface area contributed by atoms with E-state index in [0.717, 1.165) is 33.4 Å². The Morgan fingerprint density at radius 3 is 2.35 bits per heavy atom. The Hall–Kier alpha value is -3.66. The first-order chi connectivity index (χ1) is 14.9. The van der Waals surface area contributed by atoms with Crippen LogP contribution in [0.4, 0.5) is 0 Å². The number of rotatable bonds is 5. The average molecular weight is 410 g/mol. The molecule has 0 saturated heterocycles. The van der Waals surface area contributed by atoms with Crippen molar-refractivity contribution in [2.45, 2.75) is 33.6 Å². The van der Waals surface area contributed by atoms with Crippen LogP contribution in [-0.4, -0.2) is 16.7 Å². The standard InChI is InChI=1S/C27H27N3O/c1-18(2)21-11-13-26(14-12-21)30-19(3)15-25(20(30)4)17-28-29-27(31)24-10-9-22-7-5-6-8-23(22)16-24/h5-18H,1-4H3,(H,29,31)/b28-17+. The maximum Gasteiger partial charge on any atom is 0.271 e. The smallest absolute Gasteiger partial charge is 0.271 e. The molecular formula is C27H27N3O. The zero-order chi connectivity index (χ0) is 22.0. The zero-order valence-corrected chi connectivity index (χ0v) is 18.4. The van der Waals surface area contributed by atoms with Crippen LogP contribution in [0.2, 0.25) is 0 Å². The molecular weight excluding hydrogens is 382 g/mol. The summed E-state index contributed by atoms with van der Waals surface area (Å²) in [4.78, 5) is 12.5. The second kappa shape index (κ2) is 8.60. The van der Waals surface area contributed by atoms with Crippen molar-refractivity contribution in [3.8, 4) is 5.69 Å². The van der Waals surface area contributed by atoms with Crippen molar-refractivity contribution in [1.82, 2.24) is 9.99 Å². The molecule has 0 bridgehead atoms. The number of nitrogens with one attached hydrogen (secondary N) is 1. The molecule has 1 amide bonds. The van der Waals surface area contributed by atoms with Gasteiger partial charge in [-0.15, -0.1) is 0 Å². The molecule has 1 N–H and O–H groups in total. The Labute approximate surface area is 183 Å². The number of fused-ring (bicyclic) bond motifs is 1. The Bertz CT molecular complexity index is 1260. The van der Waals surface area contributed by atoms with E-state index in [0.29, 0.717) is 11.5 Å². The van der Waals surface area contributed by atoms with E-state index in [1.807, 2.05) is 42.5 Å². The van der Waals surface area contributed by atoms with Crippen LogP contribution in [0, 0.1) is 13.8 Å². The van der Waals surface area contributed by atoms with Crippen molar-refractivity contribution in [3.63, 3.8) is 0 Å². The lowest BCUT2D eigenvalue weighted by Crippen LogP contribution is -2.17. The molecule has 0 aliphatic rings. The zero-order valence-electron chi connectivity index (χ0n) is 18.4. The highest BCUT2D eigenvalue weighted by Crippen LogP contribution is 2.22. The highest BCUT2D eigenvalue weighted by atomic mass is 16.2. The number of aromatic nitrogens is 1. The summed E-state index contributed by atoms with van der Waals surface area (Å²) in [6.45, 7) is 8.54. The van der Waals surface area contributed by atoms with E-state index in [1.165, 1.54) is 5.56 Å². The molecule has 0 aliphatic heterocycles. The first-order valence-electron chi connectivity index (χ1n) is 10.6. The Balaban J connectivity index is 1.51. The summed E-state index contributed by atoms with van der Waals surface area (Å²) >= 11 is 0. The minimum Gasteiger partial charge on any atom is -0.318 e. The summed E-state index contributed by atoms with van der Waals surface area (Å²) in [7, 11) is 0. The third-order valence-corrected chi connectivity index (χ3v) is 5.67. The number of amides is 1. The maximum absolute atomic E-state index is 12.5. The normalized spacial score (nSPS) is 11.5. The molecule has 1 aromatic heterocycles. The van der Waals surface area contributed by atoms with Gasteiger partial charge in [0.1, 0.15) is 0 Å². The molecule has 4 aromatic rings. The van der Waals surface area contributed by atoms with E-state index in [-0.39, 0.29) is 5.91 Å². The number of hydrogen-bond donors (Lipinski definition) is 1. The van der Waals surface area contributed by atoms with Crippen molar-refractivity contribution < 1.29 is 4.79 Å². The largest absolute Gasteiger partial charge is 0.318 e. The highest BCUT2D eigenvalue weighted by Gasteiger charge is 2.10. The summed E-state index contributed by atoms with van der Waals surface area (Å²) in [5, 5.41) is 6.35. The van der Waals surface area contributed by atoms with Crippen molar-refractivity contribution in [1.29, 1.82) is 0 Å². The summed E-state index contributed by atoms with van der Waals surface area (Å²) in [6, 6.07) is 24.4. The molecule has 0 fully saturated rings. The second-order valence-electron chi connectivity index (χ2n) is 8.17. The van der Waals surface area contributed by atoms with Crippen molar-refractivity contribution in [2.75, 3.05) is 0 Å². The molecule has 0 spiro atoms. The molecule has 4 rings (SSSR count). The number of nitrogens with zero attached hydrogens (tertiary/aromatic N) is 2. The van der Waals surface area contributed by atoms with Crippen LogP contribution in [-0.2, 0) is 0 Å². The number of hydrazone groups is 1. The van der Waals surface area contributed by atoms with E-state index in [1.54, 1.807) is 6.21 Å². The third-order valence-electron chi connectivity index (χ3n) is 5.67. The maximum atomic E-state index is 12.5. The molecule has 4 nitrogen and oxygen atoms in total. The quantitative estimate of drug-likeness (QED) is 0.313. The predicted octanol–water partition coefficient (Wildman–Crippen LogP) is 6.13. The average Bonchev–Trinajstić information content (AvgIpc) is 3.06. The molecule has 4 heteroatoms. The van der Waals surface area contributed by atoms with Crippen molar-refractivity contribution in [3.05, 3.63) is 101 Å². The van der Waals surface area contributed by atoms with Gasteiger partial charge in [-0.3, -0.25) is 4.79 Å². The summed E-state index contributed by atoms with van der Waals surface area (Å²) in [5.41, 5.74) is 8.87. The Kier molecular flexibility index (Phi) is 5.72. The van der Waals surface area contributed by atoms with Crippen molar-refractivity contribution >= 4 is 22.9 Å². The molecule has 0 saturated carbocycles. The fourth-order valence-corrected chi connectivity index (χ4v) is 3.88. The number of benzene rings is 3.